The molecule has 8 heteroatoms. The Morgan fingerprint density at radius 1 is 0.941 bits per heavy atom. The van der Waals surface area contributed by atoms with Crippen LogP contribution in [0.4, 0.5) is 17.3 Å². The summed E-state index contributed by atoms with van der Waals surface area (Å²) in [6, 6.07) is 0. The fourth-order valence-electron chi connectivity index (χ4n) is 1.05. The molecule has 0 aromatic heterocycles. The molecule has 0 saturated carbocycles. The van der Waals surface area contributed by atoms with Crippen LogP contribution in [0.1, 0.15) is 6.92 Å². The third-order valence-corrected chi connectivity index (χ3v) is 2.43. The molecule has 0 bridgehead atoms. The van der Waals surface area contributed by atoms with Crippen molar-refractivity contribution in [1.82, 2.24) is 0 Å². The molecule has 0 aromatic rings. The Bertz CT molecular complexity index is 167. The standard InChI is InChI=1S/C9H22NO2.BF4/c1-5-10(2,6-8-11-3)7-9-12-4;2-1(3,4)5/h5-9H2,1-4H3;/q+1;-1. The van der Waals surface area contributed by atoms with Gasteiger partial charge in [0.1, 0.15) is 13.1 Å². The first kappa shape index (κ1) is 19.0. The average molecular weight is 263 g/mol. The van der Waals surface area contributed by atoms with Gasteiger partial charge in [0.05, 0.1) is 26.8 Å². The molecule has 0 amide bonds. The lowest BCUT2D eigenvalue weighted by Gasteiger charge is -2.32. The van der Waals surface area contributed by atoms with Crippen LogP contribution in [-0.4, -0.2) is 65.9 Å². The summed E-state index contributed by atoms with van der Waals surface area (Å²) in [5.74, 6) is 0. The lowest BCUT2D eigenvalue weighted by atomic mass is 10.3. The number of hydrogen-bond donors (Lipinski definition) is 0. The van der Waals surface area contributed by atoms with Gasteiger partial charge < -0.3 is 31.2 Å². The lowest BCUT2D eigenvalue weighted by molar-refractivity contribution is -0.908. The highest BCUT2D eigenvalue weighted by molar-refractivity contribution is 6.50. The summed E-state index contributed by atoms with van der Waals surface area (Å²) in [7, 11) is -0.273. The van der Waals surface area contributed by atoms with Crippen molar-refractivity contribution < 1.29 is 31.2 Å². The Balaban J connectivity index is 0. The molecule has 0 aliphatic carbocycles. The molecule has 0 saturated heterocycles. The first-order chi connectivity index (χ1) is 7.68. The molecule has 0 rings (SSSR count). The van der Waals surface area contributed by atoms with Crippen molar-refractivity contribution in [3.8, 4) is 0 Å². The van der Waals surface area contributed by atoms with E-state index in [0.29, 0.717) is 0 Å². The molecular weight excluding hydrogens is 241 g/mol. The summed E-state index contributed by atoms with van der Waals surface area (Å²) >= 11 is 0. The monoisotopic (exact) mass is 263 g/mol. The summed E-state index contributed by atoms with van der Waals surface area (Å²) in [5.41, 5.74) is 0. The summed E-state index contributed by atoms with van der Waals surface area (Å²) in [6.45, 7) is 7.12. The van der Waals surface area contributed by atoms with Gasteiger partial charge in [-0.2, -0.15) is 0 Å². The Hall–Kier alpha value is -0.335. The third-order valence-electron chi connectivity index (χ3n) is 2.43. The zero-order valence-corrected chi connectivity index (χ0v) is 10.9. The highest BCUT2D eigenvalue weighted by Crippen LogP contribution is 2.06. The predicted octanol–water partition coefficient (Wildman–Crippen LogP) is 2.05. The molecule has 3 nitrogen and oxygen atoms in total. The average Bonchev–Trinajstić information content (AvgIpc) is 2.21. The van der Waals surface area contributed by atoms with E-state index in [4.69, 9.17) is 9.47 Å². The molecule has 0 radical (unpaired) electrons. The van der Waals surface area contributed by atoms with E-state index in [9.17, 15) is 17.3 Å². The zero-order chi connectivity index (χ0) is 13.9. The normalized spacial score (nSPS) is 12.0. The molecule has 0 aromatic carbocycles. The molecule has 0 aliphatic heterocycles. The summed E-state index contributed by atoms with van der Waals surface area (Å²) in [5, 5.41) is 0. The molecular formula is C9H22BF4NO2. The van der Waals surface area contributed by atoms with E-state index < -0.39 is 7.25 Å². The van der Waals surface area contributed by atoms with E-state index in [2.05, 4.69) is 14.0 Å². The van der Waals surface area contributed by atoms with Crippen LogP contribution in [0.2, 0.25) is 0 Å². The maximum absolute atomic E-state index is 9.75. The van der Waals surface area contributed by atoms with E-state index in [1.165, 1.54) is 0 Å². The van der Waals surface area contributed by atoms with Crippen molar-refractivity contribution in [3.05, 3.63) is 0 Å². The summed E-state index contributed by atoms with van der Waals surface area (Å²) in [4.78, 5) is 0. The highest BCUT2D eigenvalue weighted by Gasteiger charge is 2.20. The van der Waals surface area contributed by atoms with E-state index in [0.717, 1.165) is 37.3 Å². The first-order valence-corrected chi connectivity index (χ1v) is 5.37. The Morgan fingerprint density at radius 3 is 1.41 bits per heavy atom. The minimum Gasteiger partial charge on any atom is -0.418 e. The maximum atomic E-state index is 9.75. The quantitative estimate of drug-likeness (QED) is 0.397. The molecule has 0 spiro atoms. The van der Waals surface area contributed by atoms with Crippen molar-refractivity contribution in [3.63, 3.8) is 0 Å². The van der Waals surface area contributed by atoms with Gasteiger partial charge in [-0.05, 0) is 6.92 Å². The van der Waals surface area contributed by atoms with Gasteiger partial charge in [-0.1, -0.05) is 0 Å². The fraction of sp³-hybridized carbons (Fsp3) is 1.00. The minimum absolute atomic E-state index is 0.827. The molecule has 0 aliphatic rings. The van der Waals surface area contributed by atoms with Crippen LogP contribution in [0, 0.1) is 0 Å². The number of quaternary nitrogens is 1. The number of nitrogens with zero attached hydrogens (tertiary/aromatic N) is 1. The van der Waals surface area contributed by atoms with Crippen molar-refractivity contribution >= 4 is 7.25 Å². The van der Waals surface area contributed by atoms with Gasteiger partial charge in [-0.15, -0.1) is 0 Å². The maximum Gasteiger partial charge on any atom is 0.673 e. The van der Waals surface area contributed by atoms with Gasteiger partial charge in [-0.3, -0.25) is 0 Å². The van der Waals surface area contributed by atoms with E-state index in [1.807, 2.05) is 0 Å². The number of methoxy groups -OCH3 is 2. The first-order valence-electron chi connectivity index (χ1n) is 5.37. The Labute approximate surface area is 100 Å². The Kier molecular flexibility index (Phi) is 10.8. The van der Waals surface area contributed by atoms with Crippen molar-refractivity contribution in [2.45, 2.75) is 6.92 Å². The number of hydrogen-bond acceptors (Lipinski definition) is 2. The second-order valence-electron chi connectivity index (χ2n) is 3.86. The van der Waals surface area contributed by atoms with Crippen LogP contribution in [0.15, 0.2) is 0 Å². The summed E-state index contributed by atoms with van der Waals surface area (Å²) < 4.78 is 50.2. The van der Waals surface area contributed by atoms with Crippen molar-refractivity contribution in [2.75, 3.05) is 54.1 Å². The highest BCUT2D eigenvalue weighted by atomic mass is 19.5. The van der Waals surface area contributed by atoms with Crippen LogP contribution >= 0.6 is 0 Å². The largest absolute Gasteiger partial charge is 0.673 e. The molecule has 0 unspecified atom stereocenters. The molecule has 0 atom stereocenters. The van der Waals surface area contributed by atoms with Gasteiger partial charge >= 0.3 is 7.25 Å². The van der Waals surface area contributed by atoms with Gasteiger partial charge in [0.15, 0.2) is 0 Å². The topological polar surface area (TPSA) is 18.5 Å². The molecule has 0 heterocycles. The van der Waals surface area contributed by atoms with Crippen LogP contribution in [0.5, 0.6) is 0 Å². The smallest absolute Gasteiger partial charge is 0.418 e. The van der Waals surface area contributed by atoms with Crippen molar-refractivity contribution in [1.29, 1.82) is 0 Å². The van der Waals surface area contributed by atoms with Crippen molar-refractivity contribution in [2.24, 2.45) is 0 Å². The van der Waals surface area contributed by atoms with E-state index in [-0.39, 0.29) is 0 Å². The van der Waals surface area contributed by atoms with E-state index >= 15 is 0 Å². The number of ether oxygens (including phenoxy) is 2. The van der Waals surface area contributed by atoms with Gasteiger partial charge in [-0.25, -0.2) is 0 Å². The van der Waals surface area contributed by atoms with Crippen LogP contribution in [0.25, 0.3) is 0 Å². The van der Waals surface area contributed by atoms with Crippen LogP contribution in [0.3, 0.4) is 0 Å². The molecule has 106 valence electrons. The van der Waals surface area contributed by atoms with Crippen LogP contribution < -0.4 is 0 Å². The van der Waals surface area contributed by atoms with Gasteiger partial charge in [0, 0.05) is 14.2 Å². The fourth-order valence-corrected chi connectivity index (χ4v) is 1.05. The number of halogens is 4. The van der Waals surface area contributed by atoms with Gasteiger partial charge in [0.25, 0.3) is 0 Å². The number of likely N-dealkylation sites (N-methyl/N-ethyl adjacent to an activating group) is 1. The lowest BCUT2D eigenvalue weighted by Crippen LogP contribution is -2.48. The predicted molar refractivity (Wildman–Crippen MR) is 60.4 cm³/mol. The zero-order valence-electron chi connectivity index (χ0n) is 10.9. The SMILES string of the molecule is CC[N+](C)(CCOC)CCOC.F[B-](F)(F)F. The van der Waals surface area contributed by atoms with Gasteiger partial charge in [0.2, 0.25) is 0 Å². The Morgan fingerprint density at radius 2 is 1.24 bits per heavy atom. The summed E-state index contributed by atoms with van der Waals surface area (Å²) in [6.07, 6.45) is 0. The van der Waals surface area contributed by atoms with E-state index in [1.54, 1.807) is 14.2 Å². The molecule has 0 N–H and O–H groups in total. The third kappa shape index (κ3) is 18.2. The second kappa shape index (κ2) is 9.67. The molecule has 17 heavy (non-hydrogen) atoms. The number of rotatable bonds is 7. The minimum atomic E-state index is -6.00. The second-order valence-corrected chi connectivity index (χ2v) is 3.86. The van der Waals surface area contributed by atoms with Crippen LogP contribution in [-0.2, 0) is 9.47 Å². The molecule has 0 fully saturated rings.